The van der Waals surface area contributed by atoms with Gasteiger partial charge in [-0.05, 0) is 32.8 Å². The number of β-amino-alcohol motifs (C(OH)–C–C–N with tert-alkyl or cyclic N) is 1. The second-order valence-corrected chi connectivity index (χ2v) is 6.98. The standard InChI is InChI=1S/C19H27N3O2/c1-14-6-5-7-15(2)22(14)13-17(23)12-21-11-16(10-20-24)18-8-3-4-9-19(18)21/h3-4,8-11,14-15,17,23-24H,5-7,12-13H2,1-2H3/b20-10-/t14-,15+,17-/m1/s1. The normalized spacial score (nSPS) is 24.0. The molecule has 0 aliphatic carbocycles. The average molecular weight is 329 g/mol. The fourth-order valence-corrected chi connectivity index (χ4v) is 3.95. The maximum Gasteiger partial charge on any atom is 0.0845 e. The first-order valence-corrected chi connectivity index (χ1v) is 8.79. The molecule has 3 atom stereocenters. The number of aromatic nitrogens is 1. The molecule has 1 aliphatic rings. The summed E-state index contributed by atoms with van der Waals surface area (Å²) in [6.07, 6.45) is 6.65. The third kappa shape index (κ3) is 3.47. The molecule has 0 amide bonds. The van der Waals surface area contributed by atoms with Gasteiger partial charge in [-0.3, -0.25) is 4.90 Å². The van der Waals surface area contributed by atoms with Crippen molar-refractivity contribution in [2.75, 3.05) is 6.54 Å². The van der Waals surface area contributed by atoms with Crippen LogP contribution in [0.4, 0.5) is 0 Å². The monoisotopic (exact) mass is 329 g/mol. The molecular formula is C19H27N3O2. The average Bonchev–Trinajstić information content (AvgIpc) is 2.90. The Balaban J connectivity index is 1.77. The van der Waals surface area contributed by atoms with E-state index < -0.39 is 6.10 Å². The number of fused-ring (bicyclic) bond motifs is 1. The van der Waals surface area contributed by atoms with Crippen molar-refractivity contribution in [1.82, 2.24) is 9.47 Å². The van der Waals surface area contributed by atoms with Gasteiger partial charge < -0.3 is 14.9 Å². The van der Waals surface area contributed by atoms with Crippen LogP contribution in [-0.2, 0) is 6.54 Å². The minimum Gasteiger partial charge on any atom is -0.411 e. The number of hydrogen-bond acceptors (Lipinski definition) is 4. The Morgan fingerprint density at radius 3 is 2.62 bits per heavy atom. The summed E-state index contributed by atoms with van der Waals surface area (Å²) in [4.78, 5) is 2.43. The molecule has 0 radical (unpaired) electrons. The molecule has 2 aromatic rings. The van der Waals surface area contributed by atoms with Gasteiger partial charge in [0.05, 0.1) is 12.3 Å². The van der Waals surface area contributed by atoms with Crippen LogP contribution in [0.3, 0.4) is 0 Å². The topological polar surface area (TPSA) is 61.0 Å². The van der Waals surface area contributed by atoms with Crippen molar-refractivity contribution >= 4 is 17.1 Å². The zero-order valence-corrected chi connectivity index (χ0v) is 14.5. The Morgan fingerprint density at radius 2 is 1.92 bits per heavy atom. The molecule has 0 bridgehead atoms. The molecule has 1 aliphatic heterocycles. The van der Waals surface area contributed by atoms with Crippen LogP contribution in [-0.4, -0.2) is 50.7 Å². The quantitative estimate of drug-likeness (QED) is 0.503. The zero-order valence-electron chi connectivity index (χ0n) is 14.5. The summed E-state index contributed by atoms with van der Waals surface area (Å²) >= 11 is 0. The molecule has 0 unspecified atom stereocenters. The van der Waals surface area contributed by atoms with Gasteiger partial charge in [0.25, 0.3) is 0 Å². The summed E-state index contributed by atoms with van der Waals surface area (Å²) < 4.78 is 2.05. The number of nitrogens with zero attached hydrogens (tertiary/aromatic N) is 3. The molecule has 24 heavy (non-hydrogen) atoms. The minimum absolute atomic E-state index is 0.428. The van der Waals surface area contributed by atoms with Crippen molar-refractivity contribution in [2.24, 2.45) is 5.16 Å². The number of benzene rings is 1. The molecule has 1 aromatic carbocycles. The predicted molar refractivity (Wildman–Crippen MR) is 96.8 cm³/mol. The van der Waals surface area contributed by atoms with E-state index in [0.29, 0.717) is 25.2 Å². The van der Waals surface area contributed by atoms with Gasteiger partial charge in [-0.15, -0.1) is 0 Å². The highest BCUT2D eigenvalue weighted by Gasteiger charge is 2.26. The van der Waals surface area contributed by atoms with Gasteiger partial charge in [0.2, 0.25) is 0 Å². The van der Waals surface area contributed by atoms with E-state index in [1.807, 2.05) is 30.5 Å². The van der Waals surface area contributed by atoms with Gasteiger partial charge in [-0.2, -0.15) is 0 Å². The molecule has 2 heterocycles. The fourth-order valence-electron chi connectivity index (χ4n) is 3.95. The summed E-state index contributed by atoms with van der Waals surface area (Å²) in [5, 5.41) is 23.7. The molecule has 2 N–H and O–H groups in total. The molecule has 0 saturated carbocycles. The van der Waals surface area contributed by atoms with E-state index in [1.165, 1.54) is 25.5 Å². The first-order valence-electron chi connectivity index (χ1n) is 8.79. The van der Waals surface area contributed by atoms with Gasteiger partial charge in [0.15, 0.2) is 0 Å². The van der Waals surface area contributed by atoms with E-state index >= 15 is 0 Å². The van der Waals surface area contributed by atoms with Crippen LogP contribution in [0.2, 0.25) is 0 Å². The van der Waals surface area contributed by atoms with Crippen LogP contribution in [0.25, 0.3) is 10.9 Å². The molecule has 5 heteroatoms. The molecular weight excluding hydrogens is 302 g/mol. The van der Waals surface area contributed by atoms with Gasteiger partial charge in [0, 0.05) is 47.8 Å². The van der Waals surface area contributed by atoms with Crippen LogP contribution in [0.1, 0.15) is 38.7 Å². The summed E-state index contributed by atoms with van der Waals surface area (Å²) in [5.74, 6) is 0. The SMILES string of the molecule is C[C@@H]1CCC[C@H](C)N1C[C@H](O)Cn1cc(/C=N\O)c2ccccc21. The van der Waals surface area contributed by atoms with Crippen LogP contribution in [0.5, 0.6) is 0 Å². The highest BCUT2D eigenvalue weighted by molar-refractivity contribution is 5.99. The number of aliphatic hydroxyl groups excluding tert-OH is 1. The second kappa shape index (κ2) is 7.36. The zero-order chi connectivity index (χ0) is 17.1. The highest BCUT2D eigenvalue weighted by Crippen LogP contribution is 2.24. The lowest BCUT2D eigenvalue weighted by atomic mass is 9.97. The van der Waals surface area contributed by atoms with Crippen LogP contribution in [0.15, 0.2) is 35.6 Å². The summed E-state index contributed by atoms with van der Waals surface area (Å²) in [5.41, 5.74) is 1.91. The van der Waals surface area contributed by atoms with Crippen molar-refractivity contribution in [3.05, 3.63) is 36.0 Å². The first kappa shape index (κ1) is 17.0. The third-order valence-corrected chi connectivity index (χ3v) is 5.22. The van der Waals surface area contributed by atoms with Gasteiger partial charge >= 0.3 is 0 Å². The van der Waals surface area contributed by atoms with E-state index in [4.69, 9.17) is 5.21 Å². The van der Waals surface area contributed by atoms with Gasteiger partial charge in [-0.1, -0.05) is 29.8 Å². The van der Waals surface area contributed by atoms with Crippen molar-refractivity contribution in [3.8, 4) is 0 Å². The number of piperidine rings is 1. The Kier molecular flexibility index (Phi) is 5.21. The predicted octanol–water partition coefficient (Wildman–Crippen LogP) is 3.07. The summed E-state index contributed by atoms with van der Waals surface area (Å²) in [7, 11) is 0. The molecule has 5 nitrogen and oxygen atoms in total. The van der Waals surface area contributed by atoms with E-state index in [9.17, 15) is 5.11 Å². The third-order valence-electron chi connectivity index (χ3n) is 5.22. The molecule has 130 valence electrons. The van der Waals surface area contributed by atoms with Crippen molar-refractivity contribution in [3.63, 3.8) is 0 Å². The Hall–Kier alpha value is -1.85. The molecule has 1 saturated heterocycles. The minimum atomic E-state index is -0.428. The first-order chi connectivity index (χ1) is 11.6. The van der Waals surface area contributed by atoms with E-state index in [2.05, 4.69) is 28.5 Å². The molecule has 1 fully saturated rings. The molecule has 0 spiro atoms. The lowest BCUT2D eigenvalue weighted by Crippen LogP contribution is -2.47. The second-order valence-electron chi connectivity index (χ2n) is 6.98. The lowest BCUT2D eigenvalue weighted by Gasteiger charge is -2.40. The van der Waals surface area contributed by atoms with Crippen molar-refractivity contribution in [2.45, 2.75) is 57.8 Å². The van der Waals surface area contributed by atoms with Crippen LogP contribution in [0, 0.1) is 0 Å². The summed E-state index contributed by atoms with van der Waals surface area (Å²) in [6.45, 7) is 5.74. The van der Waals surface area contributed by atoms with Crippen molar-refractivity contribution in [1.29, 1.82) is 0 Å². The number of oxime groups is 1. The number of para-hydroxylation sites is 1. The number of hydrogen-bond donors (Lipinski definition) is 2. The smallest absolute Gasteiger partial charge is 0.0845 e. The van der Waals surface area contributed by atoms with E-state index in [1.54, 1.807) is 0 Å². The van der Waals surface area contributed by atoms with E-state index in [0.717, 1.165) is 16.5 Å². The largest absolute Gasteiger partial charge is 0.411 e. The van der Waals surface area contributed by atoms with Crippen molar-refractivity contribution < 1.29 is 10.3 Å². The Morgan fingerprint density at radius 1 is 1.21 bits per heavy atom. The van der Waals surface area contributed by atoms with Crippen LogP contribution < -0.4 is 0 Å². The van der Waals surface area contributed by atoms with Gasteiger partial charge in [0.1, 0.15) is 0 Å². The Labute approximate surface area is 143 Å². The maximum atomic E-state index is 10.6. The van der Waals surface area contributed by atoms with Gasteiger partial charge in [-0.25, -0.2) is 0 Å². The Bertz CT molecular complexity index is 700. The number of likely N-dealkylation sites (tertiary alicyclic amines) is 1. The molecule has 3 rings (SSSR count). The van der Waals surface area contributed by atoms with E-state index in [-0.39, 0.29) is 0 Å². The number of rotatable bonds is 5. The highest BCUT2D eigenvalue weighted by atomic mass is 16.4. The fraction of sp³-hybridized carbons (Fsp3) is 0.526. The maximum absolute atomic E-state index is 10.6. The van der Waals surface area contributed by atoms with Crippen LogP contribution >= 0.6 is 0 Å². The lowest BCUT2D eigenvalue weighted by molar-refractivity contribution is 0.0352. The number of aliphatic hydroxyl groups is 1. The summed E-state index contributed by atoms with van der Waals surface area (Å²) in [6, 6.07) is 9.05. The molecule has 1 aromatic heterocycles.